The van der Waals surface area contributed by atoms with Crippen molar-refractivity contribution >= 4 is 11.9 Å². The molecule has 5 heteroatoms. The lowest BCUT2D eigenvalue weighted by molar-refractivity contribution is -0.143. The van der Waals surface area contributed by atoms with Crippen molar-refractivity contribution in [1.82, 2.24) is 4.90 Å². The molecule has 1 fully saturated rings. The Morgan fingerprint density at radius 1 is 1.33 bits per heavy atom. The zero-order valence-corrected chi connectivity index (χ0v) is 12.0. The van der Waals surface area contributed by atoms with Crippen LogP contribution >= 0.6 is 0 Å². The number of amides is 1. The van der Waals surface area contributed by atoms with E-state index >= 15 is 0 Å². The Kier molecular flexibility index (Phi) is 3.57. The molecule has 2 unspecified atom stereocenters. The Balaban J connectivity index is 1.84. The fourth-order valence-corrected chi connectivity index (χ4v) is 3.15. The predicted octanol–water partition coefficient (Wildman–Crippen LogP) is 2.09. The summed E-state index contributed by atoms with van der Waals surface area (Å²) in [6.07, 6.45) is 3.18. The van der Waals surface area contributed by atoms with Gasteiger partial charge in [-0.15, -0.1) is 0 Å². The number of ether oxygens (including phenoxy) is 1. The zero-order chi connectivity index (χ0) is 15.0. The third kappa shape index (κ3) is 2.60. The number of fused-ring (bicyclic) bond motifs is 1. The standard InChI is InChI=1S/C16H19NO4/c1-10-8-12-9-11(5-6-14(12)21-10)15(18)17-7-3-2-4-13(17)16(19)20/h5-6,9-10,13H,2-4,7-8H2,1H3,(H,19,20). The van der Waals surface area contributed by atoms with Crippen LogP contribution in [-0.4, -0.2) is 40.6 Å². The average molecular weight is 289 g/mol. The highest BCUT2D eigenvalue weighted by Gasteiger charge is 2.33. The van der Waals surface area contributed by atoms with Crippen LogP contribution in [0.4, 0.5) is 0 Å². The Morgan fingerprint density at radius 3 is 2.90 bits per heavy atom. The first kappa shape index (κ1) is 13.9. The van der Waals surface area contributed by atoms with Gasteiger partial charge in [-0.05, 0) is 49.9 Å². The third-order valence-electron chi connectivity index (χ3n) is 4.19. The van der Waals surface area contributed by atoms with Gasteiger partial charge in [0.05, 0.1) is 0 Å². The minimum Gasteiger partial charge on any atom is -0.490 e. The fraction of sp³-hybridized carbons (Fsp3) is 0.500. The molecule has 21 heavy (non-hydrogen) atoms. The maximum atomic E-state index is 12.6. The highest BCUT2D eigenvalue weighted by molar-refractivity contribution is 5.97. The predicted molar refractivity (Wildman–Crippen MR) is 76.5 cm³/mol. The van der Waals surface area contributed by atoms with E-state index in [2.05, 4.69) is 0 Å². The largest absolute Gasteiger partial charge is 0.490 e. The van der Waals surface area contributed by atoms with E-state index in [1.807, 2.05) is 19.1 Å². The normalized spacial score (nSPS) is 24.3. The fourth-order valence-electron chi connectivity index (χ4n) is 3.15. The van der Waals surface area contributed by atoms with E-state index < -0.39 is 12.0 Å². The van der Waals surface area contributed by atoms with Crippen LogP contribution < -0.4 is 4.74 Å². The van der Waals surface area contributed by atoms with Crippen molar-refractivity contribution in [1.29, 1.82) is 0 Å². The maximum absolute atomic E-state index is 12.6. The summed E-state index contributed by atoms with van der Waals surface area (Å²) in [6, 6.07) is 4.68. The molecule has 2 aliphatic rings. The van der Waals surface area contributed by atoms with E-state index in [0.29, 0.717) is 18.5 Å². The minimum absolute atomic E-state index is 0.132. The molecule has 1 N–H and O–H groups in total. The Hall–Kier alpha value is -2.04. The lowest BCUT2D eigenvalue weighted by Gasteiger charge is -2.33. The van der Waals surface area contributed by atoms with E-state index in [1.54, 1.807) is 6.07 Å². The number of carboxylic acids is 1. The molecule has 0 bridgehead atoms. The van der Waals surface area contributed by atoms with Gasteiger partial charge in [0.2, 0.25) is 0 Å². The van der Waals surface area contributed by atoms with Gasteiger partial charge in [0, 0.05) is 18.5 Å². The first-order valence-electron chi connectivity index (χ1n) is 7.39. The molecule has 1 aromatic carbocycles. The number of carbonyl (C=O) groups excluding carboxylic acids is 1. The van der Waals surface area contributed by atoms with Crippen molar-refractivity contribution in [3.63, 3.8) is 0 Å². The van der Waals surface area contributed by atoms with E-state index in [9.17, 15) is 14.7 Å². The molecule has 0 radical (unpaired) electrons. The van der Waals surface area contributed by atoms with Crippen LogP contribution in [-0.2, 0) is 11.2 Å². The third-order valence-corrected chi connectivity index (χ3v) is 4.19. The maximum Gasteiger partial charge on any atom is 0.326 e. The van der Waals surface area contributed by atoms with Crippen molar-refractivity contribution in [2.24, 2.45) is 0 Å². The molecule has 0 saturated carbocycles. The van der Waals surface area contributed by atoms with Crippen molar-refractivity contribution < 1.29 is 19.4 Å². The van der Waals surface area contributed by atoms with Crippen LogP contribution in [0, 0.1) is 0 Å². The van der Waals surface area contributed by atoms with Crippen LogP contribution in [0.2, 0.25) is 0 Å². The van der Waals surface area contributed by atoms with Gasteiger partial charge in [0.1, 0.15) is 17.9 Å². The average Bonchev–Trinajstić information content (AvgIpc) is 2.85. The number of piperidine rings is 1. The molecule has 3 rings (SSSR count). The van der Waals surface area contributed by atoms with Gasteiger partial charge in [-0.2, -0.15) is 0 Å². The van der Waals surface area contributed by atoms with Gasteiger partial charge in [-0.1, -0.05) is 0 Å². The Labute approximate surface area is 123 Å². The Bertz CT molecular complexity index is 584. The van der Waals surface area contributed by atoms with Gasteiger partial charge in [-0.25, -0.2) is 4.79 Å². The van der Waals surface area contributed by atoms with E-state index in [0.717, 1.165) is 30.6 Å². The topological polar surface area (TPSA) is 66.8 Å². The SMILES string of the molecule is CC1Cc2cc(C(=O)N3CCCCC3C(=O)O)ccc2O1. The van der Waals surface area contributed by atoms with E-state index in [-0.39, 0.29) is 12.0 Å². The minimum atomic E-state index is -0.916. The molecule has 2 atom stereocenters. The number of carboxylic acid groups (broad SMARTS) is 1. The van der Waals surface area contributed by atoms with Gasteiger partial charge in [0.15, 0.2) is 0 Å². The summed E-state index contributed by atoms with van der Waals surface area (Å²) in [4.78, 5) is 25.4. The van der Waals surface area contributed by atoms with Crippen LogP contribution in [0.3, 0.4) is 0 Å². The second-order valence-electron chi connectivity index (χ2n) is 5.80. The smallest absolute Gasteiger partial charge is 0.326 e. The second kappa shape index (κ2) is 5.39. The number of likely N-dealkylation sites (tertiary alicyclic amines) is 1. The Morgan fingerprint density at radius 2 is 2.14 bits per heavy atom. The summed E-state index contributed by atoms with van der Waals surface area (Å²) < 4.78 is 5.63. The van der Waals surface area contributed by atoms with Crippen molar-refractivity contribution in [3.8, 4) is 5.75 Å². The molecule has 2 heterocycles. The first-order valence-corrected chi connectivity index (χ1v) is 7.39. The zero-order valence-electron chi connectivity index (χ0n) is 12.0. The second-order valence-corrected chi connectivity index (χ2v) is 5.80. The lowest BCUT2D eigenvalue weighted by atomic mass is 10.00. The van der Waals surface area contributed by atoms with Crippen LogP contribution in [0.1, 0.15) is 42.1 Å². The van der Waals surface area contributed by atoms with Crippen LogP contribution in [0.15, 0.2) is 18.2 Å². The van der Waals surface area contributed by atoms with E-state index in [1.165, 1.54) is 4.90 Å². The van der Waals surface area contributed by atoms with Gasteiger partial charge >= 0.3 is 5.97 Å². The summed E-state index contributed by atoms with van der Waals surface area (Å²) in [5.74, 6) is -0.280. The van der Waals surface area contributed by atoms with Crippen molar-refractivity contribution in [2.75, 3.05) is 6.54 Å². The van der Waals surface area contributed by atoms with Crippen molar-refractivity contribution in [2.45, 2.75) is 44.8 Å². The molecule has 0 aliphatic carbocycles. The highest BCUT2D eigenvalue weighted by Crippen LogP contribution is 2.30. The molecule has 112 valence electrons. The molecule has 1 aromatic rings. The molecule has 1 saturated heterocycles. The molecule has 1 amide bonds. The molecule has 5 nitrogen and oxygen atoms in total. The van der Waals surface area contributed by atoms with Crippen LogP contribution in [0.25, 0.3) is 0 Å². The molecule has 2 aliphatic heterocycles. The lowest BCUT2D eigenvalue weighted by Crippen LogP contribution is -2.48. The number of carbonyl (C=O) groups is 2. The van der Waals surface area contributed by atoms with Crippen LogP contribution in [0.5, 0.6) is 5.75 Å². The number of benzene rings is 1. The number of hydrogen-bond acceptors (Lipinski definition) is 3. The molecular formula is C16H19NO4. The number of rotatable bonds is 2. The van der Waals surface area contributed by atoms with Gasteiger partial charge < -0.3 is 14.7 Å². The summed E-state index contributed by atoms with van der Waals surface area (Å²) >= 11 is 0. The monoisotopic (exact) mass is 289 g/mol. The molecular weight excluding hydrogens is 270 g/mol. The van der Waals surface area contributed by atoms with E-state index in [4.69, 9.17) is 4.74 Å². The molecule has 0 aromatic heterocycles. The van der Waals surface area contributed by atoms with Crippen molar-refractivity contribution in [3.05, 3.63) is 29.3 Å². The number of hydrogen-bond donors (Lipinski definition) is 1. The van der Waals surface area contributed by atoms with Gasteiger partial charge in [0.25, 0.3) is 5.91 Å². The summed E-state index contributed by atoms with van der Waals surface area (Å²) in [5.41, 5.74) is 1.58. The summed E-state index contributed by atoms with van der Waals surface area (Å²) in [7, 11) is 0. The number of nitrogens with zero attached hydrogens (tertiary/aromatic N) is 1. The number of aliphatic carboxylic acids is 1. The highest BCUT2D eigenvalue weighted by atomic mass is 16.5. The van der Waals surface area contributed by atoms with Gasteiger partial charge in [-0.3, -0.25) is 4.79 Å². The quantitative estimate of drug-likeness (QED) is 0.905. The first-order chi connectivity index (χ1) is 10.1. The summed E-state index contributed by atoms with van der Waals surface area (Å²) in [5, 5.41) is 9.28. The summed E-state index contributed by atoms with van der Waals surface area (Å²) in [6.45, 7) is 2.51. The molecule has 0 spiro atoms.